The Morgan fingerprint density at radius 1 is 0.700 bits per heavy atom. The minimum Gasteiger partial charge on any atom is -0.508 e. The number of carbonyl (C=O) groups excluding carboxylic acids is 3. The van der Waals surface area contributed by atoms with Crippen LogP contribution in [0.15, 0.2) is 155 Å². The number of aliphatic hydroxyl groups is 4. The molecule has 6 aromatic rings. The molecular weight excluding hydrogens is 1760 g/mol. The van der Waals surface area contributed by atoms with Gasteiger partial charge in [-0.05, 0) is 345 Å². The maximum atomic E-state index is 13.5. The van der Waals surface area contributed by atoms with Crippen LogP contribution in [0.3, 0.4) is 0 Å². The number of rotatable bonds is 34. The second kappa shape index (κ2) is 48.9. The number of allylic oxidation sites excluding steroid dienone is 8. The van der Waals surface area contributed by atoms with Gasteiger partial charge in [-0.1, -0.05) is 276 Å². The molecule has 9 aliphatic rings. The van der Waals surface area contributed by atoms with E-state index in [1.54, 1.807) is 0 Å². The molecule has 1 amide bonds. The molecule has 0 radical (unpaired) electrons. The first-order valence-electron chi connectivity index (χ1n) is 54.3. The molecule has 3 fully saturated rings. The Hall–Kier alpha value is -8.47. The lowest BCUT2D eigenvalue weighted by Crippen LogP contribution is -2.52. The number of amides is 1. The summed E-state index contributed by atoms with van der Waals surface area (Å²) in [4.78, 5) is 38.7. The van der Waals surface area contributed by atoms with Crippen LogP contribution in [-0.2, 0) is 27.0 Å². The highest BCUT2D eigenvalue weighted by Gasteiger charge is 2.60. The van der Waals surface area contributed by atoms with E-state index in [4.69, 9.17) is 26.2 Å². The van der Waals surface area contributed by atoms with Crippen molar-refractivity contribution in [1.29, 1.82) is 0 Å². The van der Waals surface area contributed by atoms with Gasteiger partial charge < -0.3 is 50.5 Å². The number of ketones is 2. The number of aromatic hydroxyl groups is 3. The van der Waals surface area contributed by atoms with Crippen LogP contribution in [-0.4, -0.2) is 99.6 Å². The summed E-state index contributed by atoms with van der Waals surface area (Å²) in [6.45, 7) is 53.5. The van der Waals surface area contributed by atoms with Crippen LogP contribution in [0.5, 0.6) is 28.7 Å². The van der Waals surface area contributed by atoms with E-state index in [0.29, 0.717) is 83.4 Å². The number of Topliss-reactive ketones (excluding diaryl/α,β-unsaturated/α-hetero) is 1. The Morgan fingerprint density at radius 2 is 1.36 bits per heavy atom. The van der Waals surface area contributed by atoms with Crippen molar-refractivity contribution in [2.75, 3.05) is 13.2 Å². The van der Waals surface area contributed by atoms with Gasteiger partial charge in [0.1, 0.15) is 39.9 Å². The Balaban J connectivity index is 0.000000168. The molecule has 1 aromatic heterocycles. The quantitative estimate of drug-likeness (QED) is 0.0107. The van der Waals surface area contributed by atoms with Crippen LogP contribution >= 0.6 is 11.6 Å². The van der Waals surface area contributed by atoms with Gasteiger partial charge in [-0.2, -0.15) is 5.10 Å². The molecule has 8 N–H and O–H groups in total. The van der Waals surface area contributed by atoms with Crippen LogP contribution < -0.4 is 14.8 Å². The molecule has 15 rings (SSSR count). The zero-order valence-electron chi connectivity index (χ0n) is 89.9. The first-order valence-corrected chi connectivity index (χ1v) is 54.7. The number of aliphatic hydroxyl groups excluding tert-OH is 4. The van der Waals surface area contributed by atoms with Crippen molar-refractivity contribution in [3.05, 3.63) is 216 Å². The largest absolute Gasteiger partial charge is 0.508 e. The summed E-state index contributed by atoms with van der Waals surface area (Å²) in [6, 6.07) is 31.1. The standard InChI is InChI=1S/C29H34ClN3O.C25H38O3.C25H38O2.C24H40O3.C21H28O3/c1-18-6-8-20(9-7-18)17-33-25(21-10-11-23(30)19(2)14-21)15-24(32-33)26(34)31-27-28(3,4)22-12-13-29(27,5)16-22;1-6-7-8-9-12-24(2,3)18-14-21(27)23-19-13-17(16-26)10-11-20(19)25(4,5)28-22(23)15-18;1-7-8-9-10-17(3)18(4)19-14-22(26)24-20-13-16(2)11-12-21(20)25(5,6)27-23(24)15-19;1-4-5-6-7-14-24(2,3)19-11-13-21(23(27)16-19)22-17-20(26)12-10-18(22)9-8-15-25;1-5-6-7-8-15-12-18(22)19(21(24)20(15)23)17-11-14(4)9-10-16(17)13(2)3/h6-11,14-15,22,27H,12-13,16-17H2,1-5H3,(H,31,34);10,14-15,19-20,26-27H,6-9,11-13,16H2,1-5H3;14-18,26H,7-13H2,1-6H3;11,13,16,18,20,22,25-27H,4-10,12,14-15,17H2,1-3H3;11-12,16-17,24H,2,5-10H2,1,3-4H3/t22-,27-,29-;19-,20-;;18-,20-,22-;16-,17+/m11.10/s1. The monoisotopic (exact) mass is 1940 g/mol. The van der Waals surface area contributed by atoms with E-state index in [0.717, 1.165) is 169 Å². The smallest absolute Gasteiger partial charge is 0.272 e. The summed E-state index contributed by atoms with van der Waals surface area (Å²) >= 11 is 6.29. The zero-order valence-corrected chi connectivity index (χ0v) is 90.7. The highest BCUT2D eigenvalue weighted by molar-refractivity contribution is 6.31. The lowest BCUT2D eigenvalue weighted by molar-refractivity contribution is -0.118. The molecule has 0 spiro atoms. The van der Waals surface area contributed by atoms with Crippen molar-refractivity contribution in [2.24, 2.45) is 52.3 Å². The lowest BCUT2D eigenvalue weighted by atomic mass is 9.66. The van der Waals surface area contributed by atoms with Crippen molar-refractivity contribution in [3.63, 3.8) is 0 Å². The molecule has 16 heteroatoms. The molecule has 3 unspecified atom stereocenters. The van der Waals surface area contributed by atoms with Gasteiger partial charge in [-0.15, -0.1) is 0 Å². The highest BCUT2D eigenvalue weighted by Crippen LogP contribution is 2.63. The second-order valence-electron chi connectivity index (χ2n) is 47.2. The van der Waals surface area contributed by atoms with Crippen LogP contribution in [0.4, 0.5) is 0 Å². The summed E-state index contributed by atoms with van der Waals surface area (Å²) in [5.41, 5.74) is 18.7. The molecule has 3 saturated carbocycles. The molecule has 13 atom stereocenters. The van der Waals surface area contributed by atoms with Gasteiger partial charge in [0.05, 0.1) is 36.1 Å². The lowest BCUT2D eigenvalue weighted by Gasteiger charge is -2.47. The van der Waals surface area contributed by atoms with E-state index in [1.807, 2.05) is 67.9 Å². The topological polar surface area (TPSA) is 241 Å². The van der Waals surface area contributed by atoms with Gasteiger partial charge >= 0.3 is 0 Å². The van der Waals surface area contributed by atoms with E-state index in [2.05, 4.69) is 204 Å². The predicted octanol–water partition coefficient (Wildman–Crippen LogP) is 31.2. The maximum Gasteiger partial charge on any atom is 0.272 e. The summed E-state index contributed by atoms with van der Waals surface area (Å²) in [7, 11) is 0. The Kier molecular flexibility index (Phi) is 39.1. The third-order valence-electron chi connectivity index (χ3n) is 34.1. The number of hydrogen-bond donors (Lipinski definition) is 8. The molecular formula is C124H178ClN3O12. The summed E-state index contributed by atoms with van der Waals surface area (Å²) in [5.74, 6) is 5.18. The zero-order chi connectivity index (χ0) is 102. The third-order valence-corrected chi connectivity index (χ3v) is 34.5. The Bertz CT molecular complexity index is 5410. The van der Waals surface area contributed by atoms with E-state index in [1.165, 1.54) is 142 Å². The van der Waals surface area contributed by atoms with Crippen LogP contribution in [0.2, 0.25) is 5.02 Å². The van der Waals surface area contributed by atoms with Crippen molar-refractivity contribution in [3.8, 4) is 40.0 Å². The average Bonchev–Trinajstić information content (AvgIpc) is 1.58. The molecule has 140 heavy (non-hydrogen) atoms. The Morgan fingerprint density at radius 3 is 2.00 bits per heavy atom. The number of nitrogens with one attached hydrogen (secondary N) is 1. The van der Waals surface area contributed by atoms with Gasteiger partial charge in [-0.3, -0.25) is 19.1 Å². The van der Waals surface area contributed by atoms with Crippen LogP contribution in [0.25, 0.3) is 16.8 Å². The minimum absolute atomic E-state index is 0.00727. The molecule has 3 heterocycles. The van der Waals surface area contributed by atoms with Crippen molar-refractivity contribution in [1.82, 2.24) is 15.1 Å². The average molecular weight is 1940 g/mol. The molecule has 7 aliphatic carbocycles. The van der Waals surface area contributed by atoms with Gasteiger partial charge in [0.15, 0.2) is 17.2 Å². The number of unbranched alkanes of at least 4 members (excludes halogenated alkanes) is 10. The van der Waals surface area contributed by atoms with Gasteiger partial charge in [0.2, 0.25) is 5.78 Å². The Labute approximate surface area is 847 Å². The van der Waals surface area contributed by atoms with E-state index >= 15 is 0 Å². The number of phenolic OH excluding ortho intramolecular Hbond substituents is 3. The number of halogens is 1. The summed E-state index contributed by atoms with van der Waals surface area (Å²) in [6.07, 6.45) is 41.0. The fraction of sp³-hybridized carbons (Fsp3) is 0.613. The molecule has 2 bridgehead atoms. The van der Waals surface area contributed by atoms with Crippen molar-refractivity contribution in [2.45, 2.75) is 423 Å². The van der Waals surface area contributed by atoms with Crippen molar-refractivity contribution >= 4 is 34.6 Å². The second-order valence-corrected chi connectivity index (χ2v) is 47.6. The normalized spacial score (nSPS) is 24.0. The maximum absolute atomic E-state index is 13.5. The first-order chi connectivity index (χ1) is 66.2. The van der Waals surface area contributed by atoms with E-state index in [9.17, 15) is 50.1 Å². The molecule has 0 saturated heterocycles. The number of ether oxygens (including phenoxy) is 2. The number of phenols is 3. The fourth-order valence-corrected chi connectivity index (χ4v) is 25.0. The third kappa shape index (κ3) is 27.2. The fourth-order valence-electron chi connectivity index (χ4n) is 24.9. The molecule has 15 nitrogen and oxygen atoms in total. The molecule has 5 aromatic carbocycles. The summed E-state index contributed by atoms with van der Waals surface area (Å²) < 4.78 is 14.9. The number of fused-ring (bicyclic) bond motifs is 7. The molecule has 2 aliphatic heterocycles. The number of aromatic nitrogens is 2. The number of aryl methyl sites for hydroxylation is 2. The van der Waals surface area contributed by atoms with E-state index < -0.39 is 0 Å². The number of nitrogens with zero attached hydrogens (tertiary/aromatic N) is 2. The SMILES string of the molecule is C=C(C)[C@@H]1CCC(C)=C[C@H]1C1=C(O)C(=O)C(CCCCC)=CC1=O.CCCCCC(C)C(C)c1cc(O)c2c(c1)OC(C)(C)C1=C2CC(C)CC1.CCCCCCC(C)(C)c1cc(O)c2c(c1)OC(C)(C)[C@@H]1CC=C(CO)C[C@@H]21.CCCCCCC(C)(C)c1ccc([C@@H]2C[C@H](O)CC[C@H]2CCCO)c(O)c1.Cc1ccc(Cn2nc(C(=O)N[C@@H]3C(C)(C)[C@@H]4CC[C@]3(C)C4)cc2-c2ccc(Cl)c(C)c2)cc1. The minimum atomic E-state index is -0.377. The van der Waals surface area contributed by atoms with Crippen molar-refractivity contribution < 1.29 is 59.6 Å². The highest BCUT2D eigenvalue weighted by atomic mass is 35.5. The van der Waals surface area contributed by atoms with Gasteiger partial charge in [0.25, 0.3) is 5.91 Å². The summed E-state index contributed by atoms with van der Waals surface area (Å²) in [5, 5.41) is 81.2. The van der Waals surface area contributed by atoms with Gasteiger partial charge in [-0.25, -0.2) is 0 Å². The van der Waals surface area contributed by atoms with E-state index in [-0.39, 0.29) is 111 Å². The number of benzene rings is 5. The number of hydrogen-bond acceptors (Lipinski definition) is 13. The van der Waals surface area contributed by atoms with Crippen LogP contribution in [0.1, 0.15) is 429 Å². The van der Waals surface area contributed by atoms with Gasteiger partial charge in [0, 0.05) is 52.1 Å². The number of carbonyl (C=O) groups is 3. The van der Waals surface area contributed by atoms with Crippen LogP contribution in [0, 0.1) is 66.1 Å². The molecule has 768 valence electrons. The predicted molar refractivity (Wildman–Crippen MR) is 577 cm³/mol. The first kappa shape index (κ1) is 112.